The summed E-state index contributed by atoms with van der Waals surface area (Å²) in [6.07, 6.45) is 15.0. The van der Waals surface area contributed by atoms with Gasteiger partial charge in [-0.25, -0.2) is 0 Å². The highest BCUT2D eigenvalue weighted by Crippen LogP contribution is 2.66. The molecule has 0 radical (unpaired) electrons. The Morgan fingerprint density at radius 1 is 0.967 bits per heavy atom. The zero-order valence-electron chi connectivity index (χ0n) is 20.9. The minimum Gasteiger partial charge on any atom is -0.299 e. The van der Waals surface area contributed by atoms with Crippen LogP contribution in [0.15, 0.2) is 22.8 Å². The molecule has 1 fully saturated rings. The third-order valence-electron chi connectivity index (χ3n) is 10.3. The van der Waals surface area contributed by atoms with Gasteiger partial charge >= 0.3 is 0 Å². The maximum Gasteiger partial charge on any atom is 0.138 e. The van der Waals surface area contributed by atoms with Gasteiger partial charge in [-0.15, -0.1) is 0 Å². The van der Waals surface area contributed by atoms with Crippen LogP contribution >= 0.6 is 0 Å². The smallest absolute Gasteiger partial charge is 0.138 e. The van der Waals surface area contributed by atoms with Crippen molar-refractivity contribution in [1.29, 1.82) is 0 Å². The molecule has 1 nitrogen and oxygen atoms in total. The molecule has 0 saturated heterocycles. The van der Waals surface area contributed by atoms with E-state index in [1.165, 1.54) is 51.4 Å². The summed E-state index contributed by atoms with van der Waals surface area (Å²) < 4.78 is 0. The number of carbonyl (C=O) groups excluding carboxylic acids is 1. The predicted octanol–water partition coefficient (Wildman–Crippen LogP) is 8.30. The second-order valence-corrected chi connectivity index (χ2v) is 12.8. The second-order valence-electron chi connectivity index (χ2n) is 12.8. The van der Waals surface area contributed by atoms with Crippen molar-refractivity contribution in [3.8, 4) is 0 Å². The van der Waals surface area contributed by atoms with E-state index in [9.17, 15) is 4.79 Å². The summed E-state index contributed by atoms with van der Waals surface area (Å²) >= 11 is 0. The molecule has 0 bridgehead atoms. The fourth-order valence-electron chi connectivity index (χ4n) is 8.44. The van der Waals surface area contributed by atoms with Crippen LogP contribution in [0.25, 0.3) is 0 Å². The van der Waals surface area contributed by atoms with E-state index in [1.54, 1.807) is 16.7 Å². The first-order chi connectivity index (χ1) is 14.0. The van der Waals surface area contributed by atoms with E-state index in [4.69, 9.17) is 0 Å². The van der Waals surface area contributed by atoms with Crippen LogP contribution in [0.5, 0.6) is 0 Å². The van der Waals surface area contributed by atoms with Crippen LogP contribution in [0.3, 0.4) is 0 Å². The zero-order valence-corrected chi connectivity index (χ0v) is 20.9. The van der Waals surface area contributed by atoms with Crippen molar-refractivity contribution in [2.45, 2.75) is 113 Å². The van der Waals surface area contributed by atoms with Gasteiger partial charge in [-0.2, -0.15) is 0 Å². The molecule has 0 aliphatic heterocycles. The third-order valence-corrected chi connectivity index (χ3v) is 10.3. The van der Waals surface area contributed by atoms with Crippen molar-refractivity contribution in [2.75, 3.05) is 0 Å². The van der Waals surface area contributed by atoms with E-state index < -0.39 is 0 Å². The average Bonchev–Trinajstić information content (AvgIpc) is 3.02. The molecule has 0 aromatic rings. The molecule has 0 spiro atoms. The van der Waals surface area contributed by atoms with E-state index in [2.05, 4.69) is 54.5 Å². The van der Waals surface area contributed by atoms with Gasteiger partial charge in [-0.1, -0.05) is 79.4 Å². The van der Waals surface area contributed by atoms with Crippen LogP contribution < -0.4 is 0 Å². The van der Waals surface area contributed by atoms with Crippen LogP contribution in [0.1, 0.15) is 113 Å². The SMILES string of the molecule is CC(C)CCC[C@@H](C)C1CC=C2C3=C(CC[C@@]21C)[C@@]1(C)CCC(=O)C(C)(C)C1CC3. The van der Waals surface area contributed by atoms with Gasteiger partial charge in [0.1, 0.15) is 5.78 Å². The van der Waals surface area contributed by atoms with Crippen LogP contribution in [-0.2, 0) is 4.79 Å². The maximum absolute atomic E-state index is 12.7. The lowest BCUT2D eigenvalue weighted by Crippen LogP contribution is -2.51. The first-order valence-corrected chi connectivity index (χ1v) is 13.0. The van der Waals surface area contributed by atoms with Gasteiger partial charge in [0.2, 0.25) is 0 Å². The van der Waals surface area contributed by atoms with E-state index in [0.29, 0.717) is 17.1 Å². The van der Waals surface area contributed by atoms with Crippen molar-refractivity contribution in [1.82, 2.24) is 0 Å². The lowest BCUT2D eigenvalue weighted by Gasteiger charge is -2.57. The lowest BCUT2D eigenvalue weighted by molar-refractivity contribution is -0.139. The molecular formula is C29H46O. The number of rotatable bonds is 5. The van der Waals surface area contributed by atoms with E-state index in [-0.39, 0.29) is 10.8 Å². The van der Waals surface area contributed by atoms with Gasteiger partial charge in [0.25, 0.3) is 0 Å². The van der Waals surface area contributed by atoms with Crippen molar-refractivity contribution in [3.63, 3.8) is 0 Å². The summed E-state index contributed by atoms with van der Waals surface area (Å²) in [4.78, 5) is 12.7. The van der Waals surface area contributed by atoms with Gasteiger partial charge in [0.15, 0.2) is 0 Å². The summed E-state index contributed by atoms with van der Waals surface area (Å²) in [6.45, 7) is 16.8. The third kappa shape index (κ3) is 3.29. The molecule has 0 aromatic carbocycles. The minimum atomic E-state index is -0.149. The fraction of sp³-hybridized carbons (Fsp3) is 0.828. The van der Waals surface area contributed by atoms with E-state index in [1.807, 2.05) is 0 Å². The molecule has 4 rings (SSSR count). The Balaban J connectivity index is 1.59. The molecule has 5 atom stereocenters. The van der Waals surface area contributed by atoms with Crippen LogP contribution in [0.4, 0.5) is 0 Å². The number of allylic oxidation sites excluding steroid dienone is 4. The predicted molar refractivity (Wildman–Crippen MR) is 127 cm³/mol. The molecule has 2 unspecified atom stereocenters. The largest absolute Gasteiger partial charge is 0.299 e. The summed E-state index contributed by atoms with van der Waals surface area (Å²) in [5.74, 6) is 3.51. The van der Waals surface area contributed by atoms with Crippen LogP contribution in [-0.4, -0.2) is 5.78 Å². The molecule has 4 aliphatic rings. The minimum absolute atomic E-state index is 0.149. The van der Waals surface area contributed by atoms with E-state index in [0.717, 1.165) is 30.6 Å². The Kier molecular flexibility index (Phi) is 5.68. The molecule has 30 heavy (non-hydrogen) atoms. The van der Waals surface area contributed by atoms with Crippen LogP contribution in [0, 0.1) is 39.9 Å². The van der Waals surface area contributed by atoms with Gasteiger partial charge in [0, 0.05) is 11.8 Å². The number of carbonyl (C=O) groups is 1. The molecule has 0 aromatic heterocycles. The standard InChI is InChI=1S/C29H46O/c1-19(2)9-8-10-20(3)22-12-13-23-21-11-14-25-27(4,5)26(30)16-18-29(25,7)24(21)15-17-28(22,23)6/h13,19-20,22,25H,8-12,14-18H2,1-7H3/t20-,22?,25?,28-,29-/m1/s1. The van der Waals surface area contributed by atoms with Gasteiger partial charge < -0.3 is 0 Å². The molecule has 4 aliphatic carbocycles. The highest BCUT2D eigenvalue weighted by atomic mass is 16.1. The fourth-order valence-corrected chi connectivity index (χ4v) is 8.44. The molecular weight excluding hydrogens is 364 g/mol. The number of hydrogen-bond acceptors (Lipinski definition) is 1. The summed E-state index contributed by atoms with van der Waals surface area (Å²) in [6, 6.07) is 0. The first-order valence-electron chi connectivity index (χ1n) is 13.0. The topological polar surface area (TPSA) is 17.1 Å². The van der Waals surface area contributed by atoms with Gasteiger partial charge in [-0.05, 0) is 84.2 Å². The van der Waals surface area contributed by atoms with Gasteiger partial charge in [-0.3, -0.25) is 4.79 Å². The number of ketones is 1. The van der Waals surface area contributed by atoms with Crippen LogP contribution in [0.2, 0.25) is 0 Å². The molecule has 1 saturated carbocycles. The molecule has 0 N–H and O–H groups in total. The first kappa shape index (κ1) is 22.3. The zero-order chi connectivity index (χ0) is 21.9. The summed E-state index contributed by atoms with van der Waals surface area (Å²) in [7, 11) is 0. The number of fused-ring (bicyclic) bond motifs is 4. The molecule has 0 heterocycles. The quantitative estimate of drug-likeness (QED) is 0.445. The Morgan fingerprint density at radius 3 is 2.37 bits per heavy atom. The molecule has 1 heteroatoms. The monoisotopic (exact) mass is 410 g/mol. The Bertz CT molecular complexity index is 765. The normalized spacial score (nSPS) is 38.8. The van der Waals surface area contributed by atoms with Crippen molar-refractivity contribution >= 4 is 5.78 Å². The van der Waals surface area contributed by atoms with Crippen molar-refractivity contribution in [2.24, 2.45) is 39.9 Å². The van der Waals surface area contributed by atoms with E-state index >= 15 is 0 Å². The maximum atomic E-state index is 12.7. The molecule has 0 amide bonds. The Labute approximate surface area is 186 Å². The number of Topliss-reactive ketones (excluding diaryl/α,β-unsaturated/α-hetero) is 1. The second kappa shape index (κ2) is 7.63. The summed E-state index contributed by atoms with van der Waals surface area (Å²) in [5, 5.41) is 0. The Hall–Kier alpha value is -0.850. The highest BCUT2D eigenvalue weighted by Gasteiger charge is 2.57. The van der Waals surface area contributed by atoms with Gasteiger partial charge in [0.05, 0.1) is 0 Å². The lowest BCUT2D eigenvalue weighted by atomic mass is 9.46. The molecule has 168 valence electrons. The summed E-state index contributed by atoms with van der Waals surface area (Å²) in [5.41, 5.74) is 5.72. The highest BCUT2D eigenvalue weighted by molar-refractivity contribution is 5.86. The van der Waals surface area contributed by atoms with Crippen molar-refractivity contribution in [3.05, 3.63) is 22.8 Å². The average molecular weight is 411 g/mol. The van der Waals surface area contributed by atoms with Crippen molar-refractivity contribution < 1.29 is 4.79 Å². The Morgan fingerprint density at radius 2 is 1.67 bits per heavy atom. The number of hydrogen-bond donors (Lipinski definition) is 0.